The Hall–Kier alpha value is -3.20. The summed E-state index contributed by atoms with van der Waals surface area (Å²) in [4.78, 5) is 28.5. The van der Waals surface area contributed by atoms with Crippen LogP contribution < -0.4 is 9.21 Å². The lowest BCUT2D eigenvalue weighted by atomic mass is 10.2. The van der Waals surface area contributed by atoms with Gasteiger partial charge in [-0.25, -0.2) is 13.4 Å². The molecular weight excluding hydrogens is 382 g/mol. The van der Waals surface area contributed by atoms with Crippen LogP contribution in [0.5, 0.6) is 0 Å². The Morgan fingerprint density at radius 3 is 2.50 bits per heavy atom. The molecule has 1 N–H and O–H groups in total. The van der Waals surface area contributed by atoms with Crippen molar-refractivity contribution < 1.29 is 23.1 Å². The van der Waals surface area contributed by atoms with Crippen molar-refractivity contribution >= 4 is 33.4 Å². The predicted molar refractivity (Wildman–Crippen MR) is 104 cm³/mol. The zero-order chi connectivity index (χ0) is 20.3. The van der Waals surface area contributed by atoms with Crippen LogP contribution >= 0.6 is 0 Å². The van der Waals surface area contributed by atoms with E-state index in [9.17, 15) is 18.0 Å². The van der Waals surface area contributed by atoms with Gasteiger partial charge < -0.3 is 5.11 Å². The minimum Gasteiger partial charge on any atom is -0.481 e. The van der Waals surface area contributed by atoms with Crippen LogP contribution in [0.3, 0.4) is 0 Å². The summed E-state index contributed by atoms with van der Waals surface area (Å²) in [5, 5.41) is 8.85. The van der Waals surface area contributed by atoms with E-state index in [1.807, 2.05) is 0 Å². The molecule has 0 unspecified atom stereocenters. The lowest BCUT2D eigenvalue weighted by Gasteiger charge is -2.23. The molecule has 2 heterocycles. The molecule has 0 bridgehead atoms. The van der Waals surface area contributed by atoms with E-state index in [1.165, 1.54) is 33.6 Å². The number of benzene rings is 1. The first kappa shape index (κ1) is 19.6. The minimum atomic E-state index is -3.81. The Bertz CT molecular complexity index is 1020. The molecule has 1 amide bonds. The van der Waals surface area contributed by atoms with Gasteiger partial charge in [-0.15, -0.1) is 0 Å². The van der Waals surface area contributed by atoms with Gasteiger partial charge in [0.1, 0.15) is 10.7 Å². The minimum absolute atomic E-state index is 0.00678. The molecule has 1 aromatic carbocycles. The van der Waals surface area contributed by atoms with Gasteiger partial charge in [0.15, 0.2) is 0 Å². The largest absolute Gasteiger partial charge is 0.481 e. The van der Waals surface area contributed by atoms with E-state index in [0.29, 0.717) is 5.69 Å². The first-order valence-electron chi connectivity index (χ1n) is 8.61. The van der Waals surface area contributed by atoms with Gasteiger partial charge in [-0.2, -0.15) is 0 Å². The Labute approximate surface area is 162 Å². The number of carbonyl (C=O) groups excluding carboxylic acids is 1. The van der Waals surface area contributed by atoms with Crippen molar-refractivity contribution in [3.05, 3.63) is 60.3 Å². The summed E-state index contributed by atoms with van der Waals surface area (Å²) < 4.78 is 27.2. The normalized spacial score (nSPS) is 14.1. The fourth-order valence-electron chi connectivity index (χ4n) is 2.95. The van der Waals surface area contributed by atoms with Crippen LogP contribution in [0.15, 0.2) is 65.2 Å². The molecule has 9 heteroatoms. The van der Waals surface area contributed by atoms with Gasteiger partial charge >= 0.3 is 5.97 Å². The number of carboxylic acid groups (broad SMARTS) is 1. The molecule has 0 spiro atoms. The molecule has 0 saturated heterocycles. The van der Waals surface area contributed by atoms with Crippen LogP contribution in [0.2, 0.25) is 0 Å². The van der Waals surface area contributed by atoms with Crippen LogP contribution in [0, 0.1) is 0 Å². The van der Waals surface area contributed by atoms with Crippen LogP contribution in [0.4, 0.5) is 11.5 Å². The van der Waals surface area contributed by atoms with Gasteiger partial charge in [-0.3, -0.25) is 18.8 Å². The van der Waals surface area contributed by atoms with Crippen LogP contribution in [0.1, 0.15) is 13.3 Å². The molecule has 146 valence electrons. The number of amides is 1. The molecule has 1 aliphatic heterocycles. The highest BCUT2D eigenvalue weighted by atomic mass is 32.2. The van der Waals surface area contributed by atoms with E-state index in [2.05, 4.69) is 4.98 Å². The predicted octanol–water partition coefficient (Wildman–Crippen LogP) is 2.04. The highest BCUT2D eigenvalue weighted by molar-refractivity contribution is 7.92. The molecule has 0 aliphatic carbocycles. The third-order valence-electron chi connectivity index (χ3n) is 4.30. The van der Waals surface area contributed by atoms with E-state index in [1.54, 1.807) is 37.3 Å². The molecule has 28 heavy (non-hydrogen) atoms. The topological polar surface area (TPSA) is 108 Å². The second kappa shape index (κ2) is 7.81. The summed E-state index contributed by atoms with van der Waals surface area (Å²) in [5.41, 5.74) is 0.735. The maximum atomic E-state index is 13.0. The quantitative estimate of drug-likeness (QED) is 0.761. The second-order valence-electron chi connectivity index (χ2n) is 6.07. The summed E-state index contributed by atoms with van der Waals surface area (Å²) in [6, 6.07) is 11.6. The number of sulfonamides is 1. The molecule has 3 rings (SSSR count). The number of hydrogen-bond donors (Lipinski definition) is 1. The van der Waals surface area contributed by atoms with Gasteiger partial charge in [-0.05, 0) is 31.2 Å². The van der Waals surface area contributed by atoms with Crippen molar-refractivity contribution in [2.75, 3.05) is 22.3 Å². The Morgan fingerprint density at radius 2 is 1.93 bits per heavy atom. The maximum Gasteiger partial charge on any atom is 0.308 e. The lowest BCUT2D eigenvalue weighted by Crippen LogP contribution is -2.31. The molecule has 1 aromatic heterocycles. The zero-order valence-electron chi connectivity index (χ0n) is 15.1. The number of rotatable bonds is 7. The summed E-state index contributed by atoms with van der Waals surface area (Å²) in [5.74, 6) is -1.26. The molecule has 0 fully saturated rings. The zero-order valence-corrected chi connectivity index (χ0v) is 16.0. The van der Waals surface area contributed by atoms with Gasteiger partial charge in [0.25, 0.3) is 15.9 Å². The van der Waals surface area contributed by atoms with Crippen molar-refractivity contribution in [3.63, 3.8) is 0 Å². The Morgan fingerprint density at radius 1 is 1.21 bits per heavy atom. The summed E-state index contributed by atoms with van der Waals surface area (Å²) >= 11 is 0. The first-order chi connectivity index (χ1) is 13.3. The van der Waals surface area contributed by atoms with Gasteiger partial charge in [-0.1, -0.05) is 24.3 Å². The van der Waals surface area contributed by atoms with Crippen molar-refractivity contribution in [1.82, 2.24) is 4.98 Å². The lowest BCUT2D eigenvalue weighted by molar-refractivity contribution is -0.136. The Kier molecular flexibility index (Phi) is 5.46. The number of nitrogens with zero attached hydrogens (tertiary/aromatic N) is 3. The van der Waals surface area contributed by atoms with Crippen molar-refractivity contribution in [2.24, 2.45) is 0 Å². The van der Waals surface area contributed by atoms with Crippen LogP contribution in [-0.4, -0.2) is 43.5 Å². The van der Waals surface area contributed by atoms with Crippen molar-refractivity contribution in [3.8, 4) is 0 Å². The van der Waals surface area contributed by atoms with Gasteiger partial charge in [0.2, 0.25) is 0 Å². The number of aromatic nitrogens is 1. The number of hydrogen-bond acceptors (Lipinski definition) is 5. The molecule has 0 radical (unpaired) electrons. The van der Waals surface area contributed by atoms with Gasteiger partial charge in [0, 0.05) is 24.9 Å². The SMILES string of the molecule is CCN(c1ccccc1)S(=O)(=O)c1ccc(N2CC=C(CC(=O)O)C2=O)nc1. The molecule has 0 saturated carbocycles. The molecule has 1 aliphatic rings. The van der Waals surface area contributed by atoms with E-state index < -0.39 is 21.9 Å². The van der Waals surface area contributed by atoms with E-state index in [-0.39, 0.29) is 35.8 Å². The third-order valence-corrected chi connectivity index (χ3v) is 6.18. The number of para-hydroxylation sites is 1. The number of carboxylic acids is 1. The maximum absolute atomic E-state index is 13.0. The second-order valence-corrected chi connectivity index (χ2v) is 7.94. The highest BCUT2D eigenvalue weighted by Crippen LogP contribution is 2.25. The summed E-state index contributed by atoms with van der Waals surface area (Å²) in [6.07, 6.45) is 2.39. The van der Waals surface area contributed by atoms with Crippen LogP contribution in [-0.2, 0) is 19.6 Å². The molecule has 0 atom stereocenters. The number of aliphatic carboxylic acids is 1. The van der Waals surface area contributed by atoms with Crippen molar-refractivity contribution in [2.45, 2.75) is 18.2 Å². The van der Waals surface area contributed by atoms with Gasteiger partial charge in [0.05, 0.1) is 12.1 Å². The van der Waals surface area contributed by atoms with Crippen LogP contribution in [0.25, 0.3) is 0 Å². The smallest absolute Gasteiger partial charge is 0.308 e. The van der Waals surface area contributed by atoms with E-state index in [0.717, 1.165) is 0 Å². The monoisotopic (exact) mass is 401 g/mol. The standard InChI is InChI=1S/C19H19N3O5S/c1-2-22(15-6-4-3-5-7-15)28(26,27)16-8-9-17(20-13-16)21-11-10-14(19(21)25)12-18(23)24/h3-10,13H,2,11-12H2,1H3,(H,23,24). The molecule has 2 aromatic rings. The fourth-order valence-corrected chi connectivity index (χ4v) is 4.37. The third kappa shape index (κ3) is 3.74. The number of carbonyl (C=O) groups is 2. The first-order valence-corrected chi connectivity index (χ1v) is 10.0. The summed E-state index contributed by atoms with van der Waals surface area (Å²) in [7, 11) is -3.81. The average Bonchev–Trinajstić information content (AvgIpc) is 3.03. The Balaban J connectivity index is 1.83. The fraction of sp³-hybridized carbons (Fsp3) is 0.211. The van der Waals surface area contributed by atoms with Crippen molar-refractivity contribution in [1.29, 1.82) is 0 Å². The molecule has 8 nitrogen and oxygen atoms in total. The number of anilines is 2. The van der Waals surface area contributed by atoms with E-state index in [4.69, 9.17) is 5.11 Å². The number of pyridine rings is 1. The molecular formula is C19H19N3O5S. The summed E-state index contributed by atoms with van der Waals surface area (Å²) in [6.45, 7) is 2.19. The highest BCUT2D eigenvalue weighted by Gasteiger charge is 2.28. The van der Waals surface area contributed by atoms with E-state index >= 15 is 0 Å². The average molecular weight is 401 g/mol.